The average molecular weight is 424 g/mol. The first kappa shape index (κ1) is 20.9. The third-order valence-corrected chi connectivity index (χ3v) is 5.64. The molecule has 1 atom stereocenters. The Labute approximate surface area is 175 Å². The summed E-state index contributed by atoms with van der Waals surface area (Å²) in [5.41, 5.74) is 5.93. The van der Waals surface area contributed by atoms with Crippen LogP contribution in [0, 0.1) is 21.4 Å². The summed E-state index contributed by atoms with van der Waals surface area (Å²) in [4.78, 5) is 36.8. The van der Waals surface area contributed by atoms with Gasteiger partial charge in [0, 0.05) is 18.2 Å². The van der Waals surface area contributed by atoms with Crippen LogP contribution in [0.25, 0.3) is 0 Å². The molecule has 10 heteroatoms. The predicted octanol–water partition coefficient (Wildman–Crippen LogP) is 2.51. The number of amides is 2. The van der Waals surface area contributed by atoms with E-state index >= 15 is 0 Å². The van der Waals surface area contributed by atoms with Gasteiger partial charge in [0.1, 0.15) is 22.4 Å². The predicted molar refractivity (Wildman–Crippen MR) is 110 cm³/mol. The van der Waals surface area contributed by atoms with Gasteiger partial charge in [-0.15, -0.1) is 0 Å². The maximum atomic E-state index is 13.2. The molecule has 30 heavy (non-hydrogen) atoms. The van der Waals surface area contributed by atoms with Gasteiger partial charge in [-0.05, 0) is 24.1 Å². The van der Waals surface area contributed by atoms with Crippen molar-refractivity contribution in [1.29, 1.82) is 5.26 Å². The molecular formula is C20H16N4O5S. The minimum absolute atomic E-state index is 0.0850. The van der Waals surface area contributed by atoms with E-state index in [1.807, 2.05) is 0 Å². The topological polar surface area (TPSA) is 140 Å². The highest BCUT2D eigenvalue weighted by Crippen LogP contribution is 2.42. The van der Waals surface area contributed by atoms with Gasteiger partial charge in [0.05, 0.1) is 23.0 Å². The molecule has 1 aliphatic rings. The summed E-state index contributed by atoms with van der Waals surface area (Å²) >= 11 is 1.03. The Kier molecular flexibility index (Phi) is 6.03. The van der Waals surface area contributed by atoms with Gasteiger partial charge in [0.25, 0.3) is 11.6 Å². The minimum Gasteiger partial charge on any atom is -0.497 e. The molecule has 0 aromatic heterocycles. The first-order valence-electron chi connectivity index (χ1n) is 8.68. The number of rotatable bonds is 6. The smallest absolute Gasteiger partial charge is 0.269 e. The molecule has 2 amide bonds. The standard InChI is InChI=1S/C20H16N4O5S/c1-29-15-7-3-5-13(10-15)23-19(26)17(30-20(23)16(11-21)18(22)25)9-12-4-2-6-14(8-12)24(27)28/h2-8,10,17H,9H2,1H3,(H2,22,25). The Morgan fingerprint density at radius 2 is 2.07 bits per heavy atom. The zero-order valence-corrected chi connectivity index (χ0v) is 16.6. The van der Waals surface area contributed by atoms with Gasteiger partial charge >= 0.3 is 0 Å². The van der Waals surface area contributed by atoms with E-state index in [1.54, 1.807) is 36.4 Å². The van der Waals surface area contributed by atoms with E-state index in [0.717, 1.165) is 11.8 Å². The number of carbonyl (C=O) groups is 2. The average Bonchev–Trinajstić information content (AvgIpc) is 3.04. The lowest BCUT2D eigenvalue weighted by atomic mass is 10.1. The minimum atomic E-state index is -0.948. The molecule has 1 heterocycles. The molecule has 152 valence electrons. The van der Waals surface area contributed by atoms with Crippen molar-refractivity contribution in [3.8, 4) is 11.8 Å². The van der Waals surface area contributed by atoms with Crippen molar-refractivity contribution in [2.24, 2.45) is 5.73 Å². The molecule has 2 aromatic rings. The SMILES string of the molecule is COc1cccc(N2C(=O)C(Cc3cccc([N+](=O)[O-])c3)SC2=C(C#N)C(N)=O)c1. The number of non-ortho nitro benzene ring substituents is 1. The number of benzene rings is 2. The second kappa shape index (κ2) is 8.67. The number of methoxy groups -OCH3 is 1. The fourth-order valence-corrected chi connectivity index (χ4v) is 4.31. The first-order valence-corrected chi connectivity index (χ1v) is 9.56. The summed E-state index contributed by atoms with van der Waals surface area (Å²) in [5, 5.41) is 19.9. The molecule has 0 radical (unpaired) electrons. The van der Waals surface area contributed by atoms with E-state index in [2.05, 4.69) is 0 Å². The second-order valence-electron chi connectivity index (χ2n) is 6.27. The van der Waals surface area contributed by atoms with Crippen LogP contribution >= 0.6 is 11.8 Å². The van der Waals surface area contributed by atoms with Crippen LogP contribution in [-0.2, 0) is 16.0 Å². The van der Waals surface area contributed by atoms with Crippen LogP contribution in [0.4, 0.5) is 11.4 Å². The number of nitriles is 1. The molecule has 0 aliphatic carbocycles. The van der Waals surface area contributed by atoms with Crippen molar-refractivity contribution >= 4 is 35.0 Å². The number of nitro groups is 1. The zero-order valence-electron chi connectivity index (χ0n) is 15.8. The number of thioether (sulfide) groups is 1. The van der Waals surface area contributed by atoms with E-state index in [1.165, 1.54) is 30.2 Å². The van der Waals surface area contributed by atoms with Crippen LogP contribution in [0.2, 0.25) is 0 Å². The molecule has 0 spiro atoms. The molecule has 1 aliphatic heterocycles. The Morgan fingerprint density at radius 1 is 1.33 bits per heavy atom. The van der Waals surface area contributed by atoms with Crippen molar-refractivity contribution in [2.45, 2.75) is 11.7 Å². The Bertz CT molecular complexity index is 1110. The van der Waals surface area contributed by atoms with Gasteiger partial charge in [0.2, 0.25) is 5.91 Å². The Hall–Kier alpha value is -3.84. The van der Waals surface area contributed by atoms with Crippen molar-refractivity contribution < 1.29 is 19.2 Å². The molecule has 0 saturated carbocycles. The molecule has 1 fully saturated rings. The van der Waals surface area contributed by atoms with E-state index in [9.17, 15) is 25.0 Å². The number of anilines is 1. The van der Waals surface area contributed by atoms with Gasteiger partial charge in [-0.3, -0.25) is 24.6 Å². The van der Waals surface area contributed by atoms with E-state index in [-0.39, 0.29) is 28.6 Å². The summed E-state index contributed by atoms with van der Waals surface area (Å²) in [6.45, 7) is 0. The van der Waals surface area contributed by atoms with Crippen LogP contribution in [0.3, 0.4) is 0 Å². The quantitative estimate of drug-likeness (QED) is 0.325. The zero-order chi connectivity index (χ0) is 21.8. The summed E-state index contributed by atoms with van der Waals surface area (Å²) < 4.78 is 5.20. The summed E-state index contributed by atoms with van der Waals surface area (Å²) in [7, 11) is 1.48. The lowest BCUT2D eigenvalue weighted by molar-refractivity contribution is -0.384. The summed E-state index contributed by atoms with van der Waals surface area (Å²) in [6.07, 6.45) is 0.173. The molecule has 3 rings (SSSR count). The van der Waals surface area contributed by atoms with E-state index in [4.69, 9.17) is 10.5 Å². The summed E-state index contributed by atoms with van der Waals surface area (Å²) in [5.74, 6) is -0.829. The molecule has 0 bridgehead atoms. The first-order chi connectivity index (χ1) is 14.3. The fraction of sp³-hybridized carbons (Fsp3) is 0.150. The third kappa shape index (κ3) is 4.11. The normalized spacial score (nSPS) is 17.4. The Morgan fingerprint density at radius 3 is 2.70 bits per heavy atom. The summed E-state index contributed by atoms with van der Waals surface area (Å²) in [6, 6.07) is 14.4. The van der Waals surface area contributed by atoms with Crippen molar-refractivity contribution in [2.75, 3.05) is 12.0 Å². The number of nitrogens with two attached hydrogens (primary N) is 1. The number of hydrogen-bond acceptors (Lipinski definition) is 7. The molecule has 9 nitrogen and oxygen atoms in total. The highest BCUT2D eigenvalue weighted by atomic mass is 32.2. The number of nitro benzene ring substituents is 1. The van der Waals surface area contributed by atoms with Gasteiger partial charge in [-0.25, -0.2) is 0 Å². The molecule has 1 saturated heterocycles. The van der Waals surface area contributed by atoms with Crippen LogP contribution in [0.1, 0.15) is 5.56 Å². The second-order valence-corrected chi connectivity index (χ2v) is 7.46. The fourth-order valence-electron chi connectivity index (χ4n) is 3.00. The maximum absolute atomic E-state index is 13.2. The highest BCUT2D eigenvalue weighted by Gasteiger charge is 2.40. The molecule has 2 N–H and O–H groups in total. The lowest BCUT2D eigenvalue weighted by Crippen LogP contribution is -2.31. The molecule has 1 unspecified atom stereocenters. The number of carbonyl (C=O) groups excluding carboxylic acids is 2. The number of nitrogens with zero attached hydrogens (tertiary/aromatic N) is 3. The number of hydrogen-bond donors (Lipinski definition) is 1. The largest absolute Gasteiger partial charge is 0.497 e. The monoisotopic (exact) mass is 424 g/mol. The van der Waals surface area contributed by atoms with E-state index in [0.29, 0.717) is 17.0 Å². The van der Waals surface area contributed by atoms with E-state index < -0.39 is 16.1 Å². The molecule has 2 aromatic carbocycles. The molecular weight excluding hydrogens is 408 g/mol. The lowest BCUT2D eigenvalue weighted by Gasteiger charge is -2.18. The maximum Gasteiger partial charge on any atom is 0.269 e. The van der Waals surface area contributed by atoms with Crippen LogP contribution < -0.4 is 15.4 Å². The van der Waals surface area contributed by atoms with Crippen molar-refractivity contribution in [3.63, 3.8) is 0 Å². The van der Waals surface area contributed by atoms with Gasteiger partial charge in [0.15, 0.2) is 0 Å². The van der Waals surface area contributed by atoms with Crippen molar-refractivity contribution in [3.05, 3.63) is 74.8 Å². The van der Waals surface area contributed by atoms with Gasteiger partial charge in [-0.1, -0.05) is 30.0 Å². The van der Waals surface area contributed by atoms with Crippen LogP contribution in [-0.4, -0.2) is 29.1 Å². The number of ether oxygens (including phenoxy) is 1. The third-order valence-electron chi connectivity index (χ3n) is 4.38. The van der Waals surface area contributed by atoms with Gasteiger partial charge in [-0.2, -0.15) is 5.26 Å². The van der Waals surface area contributed by atoms with Crippen molar-refractivity contribution in [1.82, 2.24) is 0 Å². The number of primary amides is 1. The van der Waals surface area contributed by atoms with Crippen LogP contribution in [0.15, 0.2) is 59.1 Å². The van der Waals surface area contributed by atoms with Crippen LogP contribution in [0.5, 0.6) is 5.75 Å². The highest BCUT2D eigenvalue weighted by molar-refractivity contribution is 8.05. The Balaban J connectivity index is 2.03. The van der Waals surface area contributed by atoms with Gasteiger partial charge < -0.3 is 10.5 Å².